The molecule has 0 aliphatic rings. The number of rotatable bonds is 8. The normalized spacial score (nSPS) is 16.5. The van der Waals surface area contributed by atoms with Crippen LogP contribution in [0.5, 0.6) is 0 Å². The molecule has 0 heterocycles. The minimum atomic E-state index is -1.42. The van der Waals surface area contributed by atoms with E-state index in [0.29, 0.717) is 11.1 Å². The van der Waals surface area contributed by atoms with E-state index < -0.39 is 18.1 Å². The van der Waals surface area contributed by atoms with E-state index in [1.165, 1.54) is 23.2 Å². The Morgan fingerprint density at radius 3 is 1.35 bits per heavy atom. The first-order valence-corrected chi connectivity index (χ1v) is 12.4. The minimum absolute atomic E-state index is 0.667. The van der Waals surface area contributed by atoms with Crippen LogP contribution in [0.2, 0.25) is 11.1 Å². The van der Waals surface area contributed by atoms with Crippen LogP contribution in [0, 0.1) is 0 Å². The molecule has 2 rings (SSSR count). The highest BCUT2D eigenvalue weighted by Gasteiger charge is 2.29. The highest BCUT2D eigenvalue weighted by molar-refractivity contribution is 6.81. The van der Waals surface area contributed by atoms with Gasteiger partial charge in [0.2, 0.25) is 0 Å². The Balaban J connectivity index is 2.30. The Kier molecular flexibility index (Phi) is 7.28. The maximum Gasteiger partial charge on any atom is 0.198 e. The molecule has 0 radical (unpaired) electrons. The minimum Gasteiger partial charge on any atom is -0.453 e. The molecular formula is C20H30OSi2. The van der Waals surface area contributed by atoms with Gasteiger partial charge in [-0.05, 0) is 21.5 Å². The summed E-state index contributed by atoms with van der Waals surface area (Å²) in [5.74, 6) is 0. The largest absolute Gasteiger partial charge is 0.453 e. The van der Waals surface area contributed by atoms with Gasteiger partial charge in [0.1, 0.15) is 0 Å². The smallest absolute Gasteiger partial charge is 0.198 e. The van der Waals surface area contributed by atoms with Gasteiger partial charge in [0.25, 0.3) is 0 Å². The van der Waals surface area contributed by atoms with Gasteiger partial charge >= 0.3 is 0 Å². The molecule has 124 valence electrons. The highest BCUT2D eigenvalue weighted by Crippen LogP contribution is 2.21. The van der Waals surface area contributed by atoms with Crippen LogP contribution >= 0.6 is 0 Å². The highest BCUT2D eigenvalue weighted by atomic mass is 28.4. The fraction of sp³-hybridized carbons (Fsp3) is 0.400. The van der Waals surface area contributed by atoms with E-state index in [2.05, 4.69) is 88.4 Å². The molecule has 0 bridgehead atoms. The zero-order valence-electron chi connectivity index (χ0n) is 14.9. The van der Waals surface area contributed by atoms with Crippen molar-refractivity contribution in [3.05, 3.63) is 60.7 Å². The van der Waals surface area contributed by atoms with Crippen LogP contribution in [-0.2, 0) is 4.12 Å². The molecule has 0 N–H and O–H groups in total. The molecular weight excluding hydrogens is 312 g/mol. The third-order valence-corrected chi connectivity index (χ3v) is 12.3. The van der Waals surface area contributed by atoms with Crippen LogP contribution in [0.3, 0.4) is 0 Å². The standard InChI is InChI=1S/C20H30OSi2/c1-5-17(3)22(19-13-9-7-10-14-19)21-23(18(4)6-2)20-15-11-8-12-16-20/h7-18,22-23H,5-6H2,1-4H3. The van der Waals surface area contributed by atoms with Crippen molar-refractivity contribution in [3.63, 3.8) is 0 Å². The fourth-order valence-corrected chi connectivity index (χ4v) is 11.0. The second-order valence-corrected chi connectivity index (χ2v) is 13.0. The lowest BCUT2D eigenvalue weighted by molar-refractivity contribution is 0.556. The summed E-state index contributed by atoms with van der Waals surface area (Å²) in [7, 11) is -2.84. The molecule has 2 aromatic carbocycles. The molecule has 0 saturated heterocycles. The summed E-state index contributed by atoms with van der Waals surface area (Å²) < 4.78 is 7.01. The fourth-order valence-electron chi connectivity index (χ4n) is 2.95. The van der Waals surface area contributed by atoms with E-state index in [9.17, 15) is 0 Å². The second kappa shape index (κ2) is 9.21. The maximum absolute atomic E-state index is 7.01. The van der Waals surface area contributed by atoms with Crippen molar-refractivity contribution in [2.45, 2.75) is 51.6 Å². The second-order valence-electron chi connectivity index (χ2n) is 6.57. The van der Waals surface area contributed by atoms with E-state index in [1.807, 2.05) is 0 Å². The number of hydrogen-bond donors (Lipinski definition) is 0. The summed E-state index contributed by atoms with van der Waals surface area (Å²) in [6.07, 6.45) is 2.39. The van der Waals surface area contributed by atoms with E-state index in [1.54, 1.807) is 0 Å². The summed E-state index contributed by atoms with van der Waals surface area (Å²) >= 11 is 0. The molecule has 0 saturated carbocycles. The molecule has 3 heteroatoms. The average molecular weight is 343 g/mol. The predicted octanol–water partition coefficient (Wildman–Crippen LogP) is 3.87. The molecule has 4 atom stereocenters. The molecule has 23 heavy (non-hydrogen) atoms. The van der Waals surface area contributed by atoms with Crippen molar-refractivity contribution >= 4 is 28.5 Å². The lowest BCUT2D eigenvalue weighted by atomic mass is 10.4. The summed E-state index contributed by atoms with van der Waals surface area (Å²) in [6.45, 7) is 9.33. The van der Waals surface area contributed by atoms with Gasteiger partial charge in [0, 0.05) is 0 Å². The quantitative estimate of drug-likeness (QED) is 0.662. The Morgan fingerprint density at radius 1 is 0.696 bits per heavy atom. The van der Waals surface area contributed by atoms with Crippen molar-refractivity contribution in [3.8, 4) is 0 Å². The van der Waals surface area contributed by atoms with Gasteiger partial charge in [-0.15, -0.1) is 0 Å². The van der Waals surface area contributed by atoms with E-state index in [4.69, 9.17) is 4.12 Å². The van der Waals surface area contributed by atoms with Gasteiger partial charge in [-0.3, -0.25) is 0 Å². The zero-order chi connectivity index (χ0) is 16.7. The Hall–Kier alpha value is -1.17. The van der Waals surface area contributed by atoms with Crippen LogP contribution in [-0.4, -0.2) is 18.1 Å². The summed E-state index contributed by atoms with van der Waals surface area (Å²) in [5, 5.41) is 2.91. The van der Waals surface area contributed by atoms with Gasteiger partial charge in [-0.25, -0.2) is 0 Å². The first kappa shape index (κ1) is 18.2. The van der Waals surface area contributed by atoms with Gasteiger partial charge in [0.05, 0.1) is 0 Å². The third-order valence-electron chi connectivity index (χ3n) is 4.87. The van der Waals surface area contributed by atoms with E-state index in [0.717, 1.165) is 0 Å². The topological polar surface area (TPSA) is 9.23 Å². The Morgan fingerprint density at radius 2 is 1.04 bits per heavy atom. The lowest BCUT2D eigenvalue weighted by Gasteiger charge is -2.31. The molecule has 0 amide bonds. The van der Waals surface area contributed by atoms with Crippen molar-refractivity contribution in [1.29, 1.82) is 0 Å². The monoisotopic (exact) mass is 342 g/mol. The van der Waals surface area contributed by atoms with Gasteiger partial charge in [-0.1, -0.05) is 101 Å². The van der Waals surface area contributed by atoms with Crippen LogP contribution in [0.1, 0.15) is 40.5 Å². The third kappa shape index (κ3) is 4.90. The zero-order valence-corrected chi connectivity index (χ0v) is 17.2. The molecule has 0 aliphatic heterocycles. The first-order chi connectivity index (χ1) is 11.2. The van der Waals surface area contributed by atoms with Crippen LogP contribution < -0.4 is 10.4 Å². The van der Waals surface area contributed by atoms with Crippen LogP contribution in [0.4, 0.5) is 0 Å². The van der Waals surface area contributed by atoms with Crippen LogP contribution in [0.25, 0.3) is 0 Å². The Labute approximate surface area is 145 Å². The van der Waals surface area contributed by atoms with Crippen molar-refractivity contribution < 1.29 is 4.12 Å². The van der Waals surface area contributed by atoms with E-state index >= 15 is 0 Å². The van der Waals surface area contributed by atoms with E-state index in [-0.39, 0.29) is 0 Å². The van der Waals surface area contributed by atoms with Crippen molar-refractivity contribution in [1.82, 2.24) is 0 Å². The maximum atomic E-state index is 7.01. The van der Waals surface area contributed by atoms with Crippen molar-refractivity contribution in [2.24, 2.45) is 0 Å². The first-order valence-electron chi connectivity index (χ1n) is 8.92. The SMILES string of the molecule is CCC(C)[SiH](O[SiH](c1ccccc1)C(C)CC)c1ccccc1. The molecule has 1 nitrogen and oxygen atoms in total. The summed E-state index contributed by atoms with van der Waals surface area (Å²) in [4.78, 5) is 0. The molecule has 2 aromatic rings. The van der Waals surface area contributed by atoms with Gasteiger partial charge in [0.15, 0.2) is 18.1 Å². The Bertz CT molecular complexity index is 507. The molecule has 0 aromatic heterocycles. The predicted molar refractivity (Wildman–Crippen MR) is 107 cm³/mol. The number of benzene rings is 2. The summed E-state index contributed by atoms with van der Waals surface area (Å²) in [5.41, 5.74) is 1.33. The number of hydrogen-bond acceptors (Lipinski definition) is 1. The molecule has 0 fully saturated rings. The average Bonchev–Trinajstić information content (AvgIpc) is 2.63. The molecule has 4 unspecified atom stereocenters. The molecule has 0 aliphatic carbocycles. The van der Waals surface area contributed by atoms with Gasteiger partial charge < -0.3 is 4.12 Å². The lowest BCUT2D eigenvalue weighted by Crippen LogP contribution is -2.48. The summed E-state index contributed by atoms with van der Waals surface area (Å²) in [6, 6.07) is 21.9. The van der Waals surface area contributed by atoms with Crippen molar-refractivity contribution in [2.75, 3.05) is 0 Å². The molecule has 0 spiro atoms. The van der Waals surface area contributed by atoms with Gasteiger partial charge in [-0.2, -0.15) is 0 Å². The van der Waals surface area contributed by atoms with Crippen LogP contribution in [0.15, 0.2) is 60.7 Å².